The number of aliphatic hydroxyl groups is 1. The van der Waals surface area contributed by atoms with E-state index in [1.165, 1.54) is 5.56 Å². The lowest BCUT2D eigenvalue weighted by Crippen LogP contribution is -2.35. The molecule has 0 aliphatic carbocycles. The van der Waals surface area contributed by atoms with Crippen LogP contribution in [0.2, 0.25) is 0 Å². The molecule has 0 unspecified atom stereocenters. The molecule has 7 heteroatoms. The van der Waals surface area contributed by atoms with Crippen molar-refractivity contribution in [3.63, 3.8) is 0 Å². The van der Waals surface area contributed by atoms with E-state index in [2.05, 4.69) is 15.5 Å². The van der Waals surface area contributed by atoms with Gasteiger partial charge in [0.25, 0.3) is 5.91 Å². The summed E-state index contributed by atoms with van der Waals surface area (Å²) in [6.45, 7) is 0.380. The molecule has 1 aromatic heterocycles. The second-order valence-corrected chi connectivity index (χ2v) is 9.43. The van der Waals surface area contributed by atoms with E-state index in [1.807, 2.05) is 84.9 Å². The predicted molar refractivity (Wildman–Crippen MR) is 139 cm³/mol. The minimum atomic E-state index is -0.499. The van der Waals surface area contributed by atoms with Crippen molar-refractivity contribution in [2.45, 2.75) is 44.0 Å². The third-order valence-electron chi connectivity index (χ3n) is 6.75. The number of carbonyl (C=O) groups is 1. The quantitative estimate of drug-likeness (QED) is 0.398. The van der Waals surface area contributed by atoms with Crippen molar-refractivity contribution in [3.8, 4) is 5.69 Å². The highest BCUT2D eigenvalue weighted by atomic mass is 16.3. The Morgan fingerprint density at radius 3 is 2.44 bits per heavy atom. The first-order chi connectivity index (χ1) is 17.6. The summed E-state index contributed by atoms with van der Waals surface area (Å²) in [5, 5.41) is 23.1. The zero-order valence-electron chi connectivity index (χ0n) is 20.4. The second-order valence-electron chi connectivity index (χ2n) is 9.43. The Hall–Kier alpha value is -3.81. The zero-order valence-corrected chi connectivity index (χ0v) is 20.4. The van der Waals surface area contributed by atoms with Gasteiger partial charge in [-0.2, -0.15) is 15.0 Å². The molecule has 5 rings (SSSR count). The van der Waals surface area contributed by atoms with Crippen molar-refractivity contribution < 1.29 is 9.90 Å². The molecule has 184 valence electrons. The van der Waals surface area contributed by atoms with Gasteiger partial charge in [-0.25, -0.2) is 0 Å². The fourth-order valence-corrected chi connectivity index (χ4v) is 4.80. The van der Waals surface area contributed by atoms with Crippen LogP contribution in [0.15, 0.2) is 91.1 Å². The van der Waals surface area contributed by atoms with Crippen LogP contribution in [-0.2, 0) is 13.0 Å². The molecule has 0 radical (unpaired) electrons. The van der Waals surface area contributed by atoms with Gasteiger partial charge in [0.2, 0.25) is 0 Å². The van der Waals surface area contributed by atoms with E-state index < -0.39 is 6.10 Å². The van der Waals surface area contributed by atoms with Crippen LogP contribution in [0.3, 0.4) is 0 Å². The van der Waals surface area contributed by atoms with Gasteiger partial charge in [0.1, 0.15) is 5.69 Å². The molecule has 3 atom stereocenters. The van der Waals surface area contributed by atoms with Crippen LogP contribution in [0.1, 0.15) is 46.1 Å². The Labute approximate surface area is 211 Å². The number of nitrogens with zero attached hydrogens (tertiary/aromatic N) is 4. The lowest BCUT2D eigenvalue weighted by atomic mass is 10.0. The standard InChI is InChI=1S/C29H31N5O2/c1-33(20-25-19-30-34(32-25)26-10-6-3-7-11-26)29(36)23-14-12-21(13-15-23)18-24-16-17-27(31-24)28(35)22-8-4-2-5-9-22/h2-15,19,24,27-28,31,35H,16-18,20H2,1H3/t24-,27+,28+/m0/s1. The van der Waals surface area contributed by atoms with E-state index >= 15 is 0 Å². The number of hydrogen-bond donors (Lipinski definition) is 2. The number of hydrogen-bond acceptors (Lipinski definition) is 5. The summed E-state index contributed by atoms with van der Waals surface area (Å²) in [6, 6.07) is 27.7. The van der Waals surface area contributed by atoms with Crippen LogP contribution in [-0.4, -0.2) is 50.0 Å². The number of amides is 1. The van der Waals surface area contributed by atoms with Crippen LogP contribution < -0.4 is 5.32 Å². The van der Waals surface area contributed by atoms with Crippen molar-refractivity contribution in [1.82, 2.24) is 25.2 Å². The van der Waals surface area contributed by atoms with Crippen molar-refractivity contribution in [2.75, 3.05) is 7.05 Å². The number of nitrogens with one attached hydrogen (secondary N) is 1. The Bertz CT molecular complexity index is 1270. The van der Waals surface area contributed by atoms with E-state index in [0.717, 1.165) is 36.2 Å². The van der Waals surface area contributed by atoms with E-state index in [9.17, 15) is 9.90 Å². The Kier molecular flexibility index (Phi) is 7.21. The fraction of sp³-hybridized carbons (Fsp3) is 0.276. The fourth-order valence-electron chi connectivity index (χ4n) is 4.80. The van der Waals surface area contributed by atoms with E-state index in [4.69, 9.17) is 0 Å². The maximum Gasteiger partial charge on any atom is 0.253 e. The van der Waals surface area contributed by atoms with Crippen molar-refractivity contribution in [2.24, 2.45) is 0 Å². The van der Waals surface area contributed by atoms with Crippen LogP contribution in [0.4, 0.5) is 0 Å². The van der Waals surface area contributed by atoms with Gasteiger partial charge < -0.3 is 15.3 Å². The van der Waals surface area contributed by atoms with Crippen molar-refractivity contribution in [1.29, 1.82) is 0 Å². The summed E-state index contributed by atoms with van der Waals surface area (Å²) < 4.78 is 0. The summed E-state index contributed by atoms with van der Waals surface area (Å²) in [6.07, 6.45) is 4.01. The molecule has 4 aromatic rings. The topological polar surface area (TPSA) is 83.3 Å². The van der Waals surface area contributed by atoms with Gasteiger partial charge in [0, 0.05) is 24.7 Å². The molecule has 2 N–H and O–H groups in total. The summed E-state index contributed by atoms with van der Waals surface area (Å²) in [4.78, 5) is 16.2. The normalized spacial score (nSPS) is 18.2. The smallest absolute Gasteiger partial charge is 0.253 e. The van der Waals surface area contributed by atoms with Gasteiger partial charge >= 0.3 is 0 Å². The molecule has 1 fully saturated rings. The predicted octanol–water partition coefficient (Wildman–Crippen LogP) is 3.94. The largest absolute Gasteiger partial charge is 0.387 e. The van der Waals surface area contributed by atoms with Gasteiger partial charge in [-0.15, -0.1) is 0 Å². The lowest BCUT2D eigenvalue weighted by molar-refractivity contribution is 0.0783. The Morgan fingerprint density at radius 2 is 1.72 bits per heavy atom. The number of aromatic nitrogens is 3. The first kappa shape index (κ1) is 23.9. The first-order valence-electron chi connectivity index (χ1n) is 12.4. The van der Waals surface area contributed by atoms with E-state index in [0.29, 0.717) is 18.2 Å². The molecule has 1 amide bonds. The van der Waals surface area contributed by atoms with Gasteiger partial charge in [-0.05, 0) is 54.7 Å². The lowest BCUT2D eigenvalue weighted by Gasteiger charge is -2.20. The molecule has 1 aliphatic rings. The van der Waals surface area contributed by atoms with Crippen molar-refractivity contribution in [3.05, 3.63) is 114 Å². The van der Waals surface area contributed by atoms with Gasteiger partial charge in [0.15, 0.2) is 0 Å². The molecule has 2 heterocycles. The molecule has 1 aliphatic heterocycles. The highest BCUT2D eigenvalue weighted by molar-refractivity contribution is 5.94. The van der Waals surface area contributed by atoms with Gasteiger partial charge in [0.05, 0.1) is 24.5 Å². The van der Waals surface area contributed by atoms with Crippen molar-refractivity contribution >= 4 is 5.91 Å². The van der Waals surface area contributed by atoms with Crippen LogP contribution in [0.5, 0.6) is 0 Å². The summed E-state index contributed by atoms with van der Waals surface area (Å²) >= 11 is 0. The molecule has 7 nitrogen and oxygen atoms in total. The number of rotatable bonds is 8. The average Bonchev–Trinajstić information content (AvgIpc) is 3.59. The third kappa shape index (κ3) is 5.53. The van der Waals surface area contributed by atoms with E-state index in [1.54, 1.807) is 22.9 Å². The van der Waals surface area contributed by atoms with E-state index in [-0.39, 0.29) is 11.9 Å². The molecule has 1 saturated heterocycles. The number of para-hydroxylation sites is 1. The van der Waals surface area contributed by atoms with Gasteiger partial charge in [-0.3, -0.25) is 4.79 Å². The number of carbonyl (C=O) groups excluding carboxylic acids is 1. The molecule has 36 heavy (non-hydrogen) atoms. The molecular formula is C29H31N5O2. The van der Waals surface area contributed by atoms with Crippen LogP contribution in [0.25, 0.3) is 5.69 Å². The molecule has 0 bridgehead atoms. The molecule has 3 aromatic carbocycles. The summed E-state index contributed by atoms with van der Waals surface area (Å²) in [5.74, 6) is -0.0548. The summed E-state index contributed by atoms with van der Waals surface area (Å²) in [5.41, 5.74) is 4.38. The Morgan fingerprint density at radius 1 is 1.03 bits per heavy atom. The van der Waals surface area contributed by atoms with Crippen LogP contribution >= 0.6 is 0 Å². The SMILES string of the molecule is CN(Cc1cnn(-c2ccccc2)n1)C(=O)c1ccc(C[C@@H]2CC[C@H]([C@H](O)c3ccccc3)N2)cc1. The minimum absolute atomic E-state index is 0.0548. The highest BCUT2D eigenvalue weighted by Crippen LogP contribution is 2.26. The Balaban J connectivity index is 1.14. The molecule has 0 saturated carbocycles. The zero-order chi connectivity index (χ0) is 24.9. The second kappa shape index (κ2) is 10.8. The summed E-state index contributed by atoms with van der Waals surface area (Å²) in [7, 11) is 1.78. The molecule has 0 spiro atoms. The third-order valence-corrected chi connectivity index (χ3v) is 6.75. The number of aliphatic hydroxyl groups excluding tert-OH is 1. The molecular weight excluding hydrogens is 450 g/mol. The van der Waals surface area contributed by atoms with Crippen LogP contribution in [0, 0.1) is 0 Å². The maximum atomic E-state index is 13.0. The average molecular weight is 482 g/mol. The number of benzene rings is 3. The maximum absolute atomic E-state index is 13.0. The minimum Gasteiger partial charge on any atom is -0.387 e. The highest BCUT2D eigenvalue weighted by Gasteiger charge is 2.29. The van der Waals surface area contributed by atoms with Gasteiger partial charge in [-0.1, -0.05) is 60.7 Å². The first-order valence-corrected chi connectivity index (χ1v) is 12.4. The monoisotopic (exact) mass is 481 g/mol.